The van der Waals surface area contributed by atoms with Crippen LogP contribution in [0, 0.1) is 0 Å². The number of hydrogen-bond donors (Lipinski definition) is 1. The lowest BCUT2D eigenvalue weighted by Crippen LogP contribution is -1.77. The van der Waals surface area contributed by atoms with Crippen LogP contribution in [0.4, 0.5) is 0 Å². The Morgan fingerprint density at radius 2 is 1.82 bits per heavy atom. The summed E-state index contributed by atoms with van der Waals surface area (Å²) in [7, 11) is 0. The summed E-state index contributed by atoms with van der Waals surface area (Å²) in [5.74, 6) is 0. The molecule has 0 aromatic heterocycles. The molecule has 1 N–H and O–H groups in total. The van der Waals surface area contributed by atoms with E-state index in [-0.39, 0.29) is 0 Å². The number of hydrogen-bond acceptors (Lipinski definition) is 1. The van der Waals surface area contributed by atoms with Crippen LogP contribution in [0.15, 0.2) is 24.3 Å². The molecule has 0 aromatic carbocycles. The molecule has 0 atom stereocenters. The first-order valence-electron chi connectivity index (χ1n) is 4.32. The van der Waals surface area contributed by atoms with E-state index in [9.17, 15) is 0 Å². The summed E-state index contributed by atoms with van der Waals surface area (Å²) in [5, 5.41) is 8.46. The van der Waals surface area contributed by atoms with Gasteiger partial charge in [-0.2, -0.15) is 0 Å². The first kappa shape index (κ1) is 10.4. The Balaban J connectivity index is 3.09. The van der Waals surface area contributed by atoms with Crippen LogP contribution in [-0.2, 0) is 0 Å². The minimum absolute atomic E-state index is 0.301. The van der Waals surface area contributed by atoms with Crippen molar-refractivity contribution < 1.29 is 5.11 Å². The van der Waals surface area contributed by atoms with E-state index in [1.165, 1.54) is 0 Å². The van der Waals surface area contributed by atoms with Gasteiger partial charge in [0.2, 0.25) is 0 Å². The highest BCUT2D eigenvalue weighted by Crippen LogP contribution is 1.93. The van der Waals surface area contributed by atoms with Crippen molar-refractivity contribution in [1.29, 1.82) is 0 Å². The van der Waals surface area contributed by atoms with Crippen LogP contribution in [0.1, 0.15) is 32.6 Å². The van der Waals surface area contributed by atoms with Crippen LogP contribution in [0.25, 0.3) is 0 Å². The molecule has 0 bridgehead atoms. The molecular formula is C10H18O. The number of allylic oxidation sites excluding steroid dienone is 4. The number of aliphatic hydroxyl groups is 1. The molecular weight excluding hydrogens is 136 g/mol. The molecule has 64 valence electrons. The first-order chi connectivity index (χ1) is 5.41. The smallest absolute Gasteiger partial charge is 0.0433 e. The van der Waals surface area contributed by atoms with Gasteiger partial charge in [0, 0.05) is 6.61 Å². The van der Waals surface area contributed by atoms with Crippen molar-refractivity contribution in [3.05, 3.63) is 24.3 Å². The largest absolute Gasteiger partial charge is 0.396 e. The Kier molecular flexibility index (Phi) is 8.96. The van der Waals surface area contributed by atoms with E-state index in [4.69, 9.17) is 5.11 Å². The highest BCUT2D eigenvalue weighted by Gasteiger charge is 1.77. The van der Waals surface area contributed by atoms with Gasteiger partial charge >= 0.3 is 0 Å². The van der Waals surface area contributed by atoms with Crippen LogP contribution in [0.5, 0.6) is 0 Å². The molecule has 1 nitrogen and oxygen atoms in total. The molecule has 0 aromatic rings. The minimum atomic E-state index is 0.301. The molecule has 11 heavy (non-hydrogen) atoms. The van der Waals surface area contributed by atoms with E-state index in [1.807, 2.05) is 0 Å². The average Bonchev–Trinajstić information content (AvgIpc) is 2.03. The van der Waals surface area contributed by atoms with Gasteiger partial charge in [-0.25, -0.2) is 0 Å². The lowest BCUT2D eigenvalue weighted by Gasteiger charge is -1.86. The SMILES string of the molecule is CC/C=C\C/C=C/CCCO. The van der Waals surface area contributed by atoms with Crippen molar-refractivity contribution >= 4 is 0 Å². The lowest BCUT2D eigenvalue weighted by atomic mass is 10.2. The summed E-state index contributed by atoms with van der Waals surface area (Å²) in [6, 6.07) is 0. The van der Waals surface area contributed by atoms with Gasteiger partial charge in [-0.05, 0) is 25.7 Å². The third-order valence-corrected chi connectivity index (χ3v) is 1.37. The zero-order valence-corrected chi connectivity index (χ0v) is 7.29. The topological polar surface area (TPSA) is 20.2 Å². The third kappa shape index (κ3) is 9.44. The summed E-state index contributed by atoms with van der Waals surface area (Å²) >= 11 is 0. The minimum Gasteiger partial charge on any atom is -0.396 e. The Hall–Kier alpha value is -0.560. The van der Waals surface area contributed by atoms with Gasteiger partial charge in [-0.1, -0.05) is 31.2 Å². The van der Waals surface area contributed by atoms with Crippen molar-refractivity contribution in [1.82, 2.24) is 0 Å². The molecule has 0 unspecified atom stereocenters. The number of rotatable bonds is 6. The summed E-state index contributed by atoms with van der Waals surface area (Å²) in [6.07, 6.45) is 12.6. The molecule has 0 radical (unpaired) electrons. The van der Waals surface area contributed by atoms with Gasteiger partial charge < -0.3 is 5.11 Å². The quantitative estimate of drug-likeness (QED) is 0.460. The second-order valence-corrected chi connectivity index (χ2v) is 2.45. The van der Waals surface area contributed by atoms with Crippen molar-refractivity contribution in [3.8, 4) is 0 Å². The number of aliphatic hydroxyl groups excluding tert-OH is 1. The van der Waals surface area contributed by atoms with Crippen LogP contribution >= 0.6 is 0 Å². The van der Waals surface area contributed by atoms with Gasteiger partial charge in [-0.3, -0.25) is 0 Å². The zero-order chi connectivity index (χ0) is 8.36. The van der Waals surface area contributed by atoms with Crippen molar-refractivity contribution in [3.63, 3.8) is 0 Å². The average molecular weight is 154 g/mol. The number of unbranched alkanes of at least 4 members (excludes halogenated alkanes) is 1. The maximum Gasteiger partial charge on any atom is 0.0433 e. The molecule has 0 aliphatic rings. The highest BCUT2D eigenvalue weighted by molar-refractivity contribution is 4.92. The van der Waals surface area contributed by atoms with E-state index in [0.717, 1.165) is 25.7 Å². The fraction of sp³-hybridized carbons (Fsp3) is 0.600. The summed E-state index contributed by atoms with van der Waals surface area (Å²) in [5.41, 5.74) is 0. The van der Waals surface area contributed by atoms with Crippen molar-refractivity contribution in [2.45, 2.75) is 32.6 Å². The fourth-order valence-corrected chi connectivity index (χ4v) is 0.765. The van der Waals surface area contributed by atoms with Crippen LogP contribution in [0.3, 0.4) is 0 Å². The standard InChI is InChI=1S/C10H18O/c1-2-3-4-5-6-7-8-9-10-11/h3-4,6-7,11H,2,5,8-10H2,1H3/b4-3-,7-6+. The van der Waals surface area contributed by atoms with Crippen LogP contribution < -0.4 is 0 Å². The Morgan fingerprint density at radius 3 is 2.45 bits per heavy atom. The lowest BCUT2D eigenvalue weighted by molar-refractivity contribution is 0.289. The molecule has 0 spiro atoms. The Morgan fingerprint density at radius 1 is 1.09 bits per heavy atom. The van der Waals surface area contributed by atoms with Gasteiger partial charge in [-0.15, -0.1) is 0 Å². The predicted molar refractivity (Wildman–Crippen MR) is 49.5 cm³/mol. The normalized spacial score (nSPS) is 11.8. The molecule has 0 saturated carbocycles. The second kappa shape index (κ2) is 9.44. The highest BCUT2D eigenvalue weighted by atomic mass is 16.2. The summed E-state index contributed by atoms with van der Waals surface area (Å²) < 4.78 is 0. The molecule has 0 fully saturated rings. The van der Waals surface area contributed by atoms with Crippen LogP contribution in [0.2, 0.25) is 0 Å². The maximum absolute atomic E-state index is 8.46. The van der Waals surface area contributed by atoms with Gasteiger partial charge in [0.25, 0.3) is 0 Å². The Bertz CT molecular complexity index is 114. The molecule has 0 rings (SSSR count). The zero-order valence-electron chi connectivity index (χ0n) is 7.29. The monoisotopic (exact) mass is 154 g/mol. The summed E-state index contributed by atoms with van der Waals surface area (Å²) in [4.78, 5) is 0. The van der Waals surface area contributed by atoms with Crippen molar-refractivity contribution in [2.24, 2.45) is 0 Å². The maximum atomic E-state index is 8.46. The molecule has 0 aliphatic carbocycles. The second-order valence-electron chi connectivity index (χ2n) is 2.45. The fourth-order valence-electron chi connectivity index (χ4n) is 0.765. The van der Waals surface area contributed by atoms with Crippen LogP contribution in [-0.4, -0.2) is 11.7 Å². The molecule has 1 heteroatoms. The summed E-state index contributed by atoms with van der Waals surface area (Å²) in [6.45, 7) is 2.43. The van der Waals surface area contributed by atoms with E-state index in [1.54, 1.807) is 0 Å². The third-order valence-electron chi connectivity index (χ3n) is 1.37. The van der Waals surface area contributed by atoms with E-state index >= 15 is 0 Å². The van der Waals surface area contributed by atoms with Crippen molar-refractivity contribution in [2.75, 3.05) is 6.61 Å². The van der Waals surface area contributed by atoms with Gasteiger partial charge in [0.15, 0.2) is 0 Å². The Labute approximate surface area is 69.4 Å². The molecule has 0 saturated heterocycles. The predicted octanol–water partition coefficient (Wildman–Crippen LogP) is 2.67. The molecule has 0 amide bonds. The molecule has 0 heterocycles. The van der Waals surface area contributed by atoms with Gasteiger partial charge in [0.1, 0.15) is 0 Å². The van der Waals surface area contributed by atoms with E-state index in [0.29, 0.717) is 6.61 Å². The van der Waals surface area contributed by atoms with E-state index < -0.39 is 0 Å². The van der Waals surface area contributed by atoms with E-state index in [2.05, 4.69) is 31.2 Å². The van der Waals surface area contributed by atoms with Gasteiger partial charge in [0.05, 0.1) is 0 Å². The molecule has 0 aliphatic heterocycles. The first-order valence-corrected chi connectivity index (χ1v) is 4.32.